The third-order valence-electron chi connectivity index (χ3n) is 7.63. The zero-order valence-electron chi connectivity index (χ0n) is 13.9. The largest absolute Gasteiger partial charge is 0.389 e. The number of aliphatic hydroxyl groups excluding tert-OH is 1. The van der Waals surface area contributed by atoms with Gasteiger partial charge < -0.3 is 5.11 Å². The summed E-state index contributed by atoms with van der Waals surface area (Å²) in [7, 11) is 0. The van der Waals surface area contributed by atoms with Crippen molar-refractivity contribution < 1.29 is 18.3 Å². The lowest BCUT2D eigenvalue weighted by molar-refractivity contribution is -0.177. The Kier molecular flexibility index (Phi) is 4.23. The van der Waals surface area contributed by atoms with E-state index < -0.39 is 24.1 Å². The molecule has 1 nitrogen and oxygen atoms in total. The van der Waals surface area contributed by atoms with E-state index in [0.29, 0.717) is 29.2 Å². The predicted molar refractivity (Wildman–Crippen MR) is 87.5 cm³/mol. The Bertz CT molecular complexity index is 543. The topological polar surface area (TPSA) is 20.2 Å². The van der Waals surface area contributed by atoms with E-state index in [0.717, 1.165) is 51.4 Å². The summed E-state index contributed by atoms with van der Waals surface area (Å²) in [5.41, 5.74) is 0.733. The number of hydrogen-bond donors (Lipinski definition) is 1. The zero-order valence-corrected chi connectivity index (χ0v) is 14.7. The first-order chi connectivity index (χ1) is 11.3. The van der Waals surface area contributed by atoms with E-state index in [9.17, 15) is 18.3 Å². The molecule has 136 valence electrons. The summed E-state index contributed by atoms with van der Waals surface area (Å²) in [5.74, 6) is 1.56. The average molecular weight is 363 g/mol. The highest BCUT2D eigenvalue weighted by Crippen LogP contribution is 2.64. The van der Waals surface area contributed by atoms with Crippen LogP contribution in [0.25, 0.3) is 0 Å². The van der Waals surface area contributed by atoms with Crippen molar-refractivity contribution >= 4 is 11.6 Å². The number of hydrogen-bond acceptors (Lipinski definition) is 1. The summed E-state index contributed by atoms with van der Waals surface area (Å²) in [5, 5.41) is 10.7. The number of halogens is 4. The van der Waals surface area contributed by atoms with Crippen LogP contribution in [-0.2, 0) is 0 Å². The molecule has 0 saturated heterocycles. The molecule has 4 rings (SSSR count). The Balaban J connectivity index is 1.61. The van der Waals surface area contributed by atoms with Crippen LogP contribution in [0.4, 0.5) is 13.2 Å². The van der Waals surface area contributed by atoms with Crippen molar-refractivity contribution in [1.82, 2.24) is 0 Å². The van der Waals surface area contributed by atoms with Gasteiger partial charge in [0.1, 0.15) is 0 Å². The number of rotatable bonds is 1. The summed E-state index contributed by atoms with van der Waals surface area (Å²) in [6, 6.07) is 0. The summed E-state index contributed by atoms with van der Waals surface area (Å²) in [4.78, 5) is 0. The van der Waals surface area contributed by atoms with Gasteiger partial charge in [0.25, 0.3) is 0 Å². The highest BCUT2D eigenvalue weighted by atomic mass is 35.5. The second-order valence-electron chi connectivity index (χ2n) is 8.63. The Morgan fingerprint density at radius 3 is 2.58 bits per heavy atom. The number of fused-ring (bicyclic) bond motifs is 5. The van der Waals surface area contributed by atoms with E-state index in [1.807, 2.05) is 0 Å². The standard InChI is InChI=1S/C19H26ClF3O/c20-17-14-4-3-13-12(11(14)5-6-16(17)24)7-9-18(10-19(21,22)23)8-1-2-15(13)18/h11-13,15-16,24H,1-10H2/t11-,12-,13-,15+,16?,18+/m1/s1. The van der Waals surface area contributed by atoms with E-state index in [-0.39, 0.29) is 5.92 Å². The molecular formula is C19H26ClF3O. The van der Waals surface area contributed by atoms with Gasteiger partial charge in [-0.25, -0.2) is 0 Å². The molecule has 0 aromatic heterocycles. The van der Waals surface area contributed by atoms with Crippen molar-refractivity contribution in [3.05, 3.63) is 10.6 Å². The molecule has 1 unspecified atom stereocenters. The molecule has 4 aliphatic carbocycles. The van der Waals surface area contributed by atoms with Crippen LogP contribution in [0.3, 0.4) is 0 Å². The molecule has 5 heteroatoms. The van der Waals surface area contributed by atoms with Gasteiger partial charge in [-0.3, -0.25) is 0 Å². The van der Waals surface area contributed by atoms with Crippen molar-refractivity contribution in [2.24, 2.45) is 29.1 Å². The molecule has 0 aromatic carbocycles. The van der Waals surface area contributed by atoms with Crippen molar-refractivity contribution in [2.45, 2.75) is 76.5 Å². The lowest BCUT2D eigenvalue weighted by Gasteiger charge is -2.54. The fraction of sp³-hybridized carbons (Fsp3) is 0.895. The minimum atomic E-state index is -4.05. The molecule has 3 saturated carbocycles. The molecule has 0 aliphatic heterocycles. The van der Waals surface area contributed by atoms with E-state index in [1.165, 1.54) is 5.57 Å². The Morgan fingerprint density at radius 1 is 1.04 bits per heavy atom. The lowest BCUT2D eigenvalue weighted by Crippen LogP contribution is -2.47. The van der Waals surface area contributed by atoms with Crippen LogP contribution in [0.2, 0.25) is 0 Å². The highest BCUT2D eigenvalue weighted by molar-refractivity contribution is 6.30. The second kappa shape index (κ2) is 5.90. The fourth-order valence-corrected chi connectivity index (χ4v) is 7.21. The zero-order chi connectivity index (χ0) is 17.1. The Morgan fingerprint density at radius 2 is 1.83 bits per heavy atom. The van der Waals surface area contributed by atoms with E-state index >= 15 is 0 Å². The molecule has 0 radical (unpaired) electrons. The predicted octanol–water partition coefficient (Wildman–Crippen LogP) is 5.81. The van der Waals surface area contributed by atoms with Crippen LogP contribution in [0.1, 0.15) is 64.2 Å². The number of aliphatic hydroxyl groups is 1. The van der Waals surface area contributed by atoms with Gasteiger partial charge in [0, 0.05) is 11.5 Å². The van der Waals surface area contributed by atoms with E-state index in [1.54, 1.807) is 0 Å². The summed E-state index contributed by atoms with van der Waals surface area (Å²) >= 11 is 6.38. The van der Waals surface area contributed by atoms with Crippen LogP contribution in [0.15, 0.2) is 10.6 Å². The third-order valence-corrected chi connectivity index (χ3v) is 8.13. The fourth-order valence-electron chi connectivity index (χ4n) is 6.86. The lowest BCUT2D eigenvalue weighted by atomic mass is 9.51. The molecule has 0 bridgehead atoms. The third kappa shape index (κ3) is 2.72. The quantitative estimate of drug-likeness (QED) is 0.624. The van der Waals surface area contributed by atoms with Gasteiger partial charge in [-0.1, -0.05) is 18.0 Å². The molecule has 24 heavy (non-hydrogen) atoms. The van der Waals surface area contributed by atoms with Crippen molar-refractivity contribution in [3.8, 4) is 0 Å². The average Bonchev–Trinajstić information content (AvgIpc) is 2.92. The molecule has 1 N–H and O–H groups in total. The number of allylic oxidation sites excluding steroid dienone is 1. The first kappa shape index (κ1) is 17.2. The molecule has 4 aliphatic rings. The van der Waals surface area contributed by atoms with Gasteiger partial charge in [0.2, 0.25) is 0 Å². The van der Waals surface area contributed by atoms with Crippen LogP contribution >= 0.6 is 11.6 Å². The SMILES string of the molecule is OC1CC[C@H]2C(=C1Cl)CC[C@@H]1[C@@H]2CC[C@]2(CC(F)(F)F)CCC[C@@H]12. The van der Waals surface area contributed by atoms with Crippen LogP contribution in [-0.4, -0.2) is 17.4 Å². The Hall–Kier alpha value is -0.220. The summed E-state index contributed by atoms with van der Waals surface area (Å²) < 4.78 is 39.6. The maximum atomic E-state index is 13.2. The van der Waals surface area contributed by atoms with Gasteiger partial charge in [-0.15, -0.1) is 0 Å². The maximum Gasteiger partial charge on any atom is 0.389 e. The van der Waals surface area contributed by atoms with E-state index in [4.69, 9.17) is 11.6 Å². The molecule has 0 spiro atoms. The maximum absolute atomic E-state index is 13.2. The van der Waals surface area contributed by atoms with Gasteiger partial charge >= 0.3 is 6.18 Å². The summed E-state index contributed by atoms with van der Waals surface area (Å²) in [6.07, 6.45) is 2.66. The first-order valence-corrected chi connectivity index (χ1v) is 9.82. The van der Waals surface area contributed by atoms with Gasteiger partial charge in [-0.05, 0) is 86.0 Å². The molecule has 0 heterocycles. The number of alkyl halides is 3. The smallest absolute Gasteiger partial charge is 0.388 e. The molecule has 3 fully saturated rings. The molecule has 0 amide bonds. The molecule has 6 atom stereocenters. The van der Waals surface area contributed by atoms with Gasteiger partial charge in [0.15, 0.2) is 0 Å². The minimum Gasteiger partial charge on any atom is -0.388 e. The van der Waals surface area contributed by atoms with Crippen LogP contribution in [0, 0.1) is 29.1 Å². The summed E-state index contributed by atoms with van der Waals surface area (Å²) in [6.45, 7) is 0. The molecular weight excluding hydrogens is 337 g/mol. The first-order valence-electron chi connectivity index (χ1n) is 9.44. The molecule has 0 aromatic rings. The Labute approximate surface area is 146 Å². The van der Waals surface area contributed by atoms with E-state index in [2.05, 4.69) is 0 Å². The van der Waals surface area contributed by atoms with Gasteiger partial charge in [0.05, 0.1) is 6.10 Å². The van der Waals surface area contributed by atoms with Crippen molar-refractivity contribution in [2.75, 3.05) is 0 Å². The highest BCUT2D eigenvalue weighted by Gasteiger charge is 2.57. The van der Waals surface area contributed by atoms with Crippen LogP contribution in [0.5, 0.6) is 0 Å². The van der Waals surface area contributed by atoms with Crippen molar-refractivity contribution in [3.63, 3.8) is 0 Å². The minimum absolute atomic E-state index is 0.241. The normalized spacial score (nSPS) is 45.6. The van der Waals surface area contributed by atoms with Crippen LogP contribution < -0.4 is 0 Å². The second-order valence-corrected chi connectivity index (χ2v) is 9.04. The van der Waals surface area contributed by atoms with Crippen molar-refractivity contribution in [1.29, 1.82) is 0 Å². The van der Waals surface area contributed by atoms with Gasteiger partial charge in [-0.2, -0.15) is 13.2 Å². The monoisotopic (exact) mass is 362 g/mol.